The molecule has 0 amide bonds. The van der Waals surface area contributed by atoms with Gasteiger partial charge in [-0.15, -0.1) is 0 Å². The maximum atomic E-state index is 12.1. The van der Waals surface area contributed by atoms with E-state index in [2.05, 4.69) is 33.2 Å². The Morgan fingerprint density at radius 1 is 1.17 bits per heavy atom. The van der Waals surface area contributed by atoms with Crippen molar-refractivity contribution in [2.45, 2.75) is 19.8 Å². The molecule has 9 nitrogen and oxygen atoms in total. The first-order valence-electron chi connectivity index (χ1n) is 11.5. The second-order valence-corrected chi connectivity index (χ2v) is 9.34. The van der Waals surface area contributed by atoms with Gasteiger partial charge in [0.1, 0.15) is 6.33 Å². The lowest BCUT2D eigenvalue weighted by Gasteiger charge is -2.34. The second-order valence-electron chi connectivity index (χ2n) is 8.50. The molecule has 1 saturated heterocycles. The summed E-state index contributed by atoms with van der Waals surface area (Å²) in [7, 11) is 0. The molecule has 0 aliphatic carbocycles. The van der Waals surface area contributed by atoms with E-state index in [1.54, 1.807) is 30.3 Å². The molecular weight excluding hydrogens is 501 g/mol. The van der Waals surface area contributed by atoms with E-state index in [-0.39, 0.29) is 11.5 Å². The number of halogens is 2. The van der Waals surface area contributed by atoms with Crippen molar-refractivity contribution < 1.29 is 4.92 Å². The first-order valence-corrected chi connectivity index (χ1v) is 12.3. The number of hydrogen-bond donors (Lipinski definition) is 1. The normalized spacial score (nSPS) is 14.8. The Hall–Kier alpha value is -3.45. The molecule has 0 spiro atoms. The average molecular weight is 526 g/mol. The molecule has 1 fully saturated rings. The number of anilines is 3. The number of nitro groups is 1. The summed E-state index contributed by atoms with van der Waals surface area (Å²) in [6.45, 7) is 7.78. The second kappa shape index (κ2) is 11.1. The number of aryl methyl sites for hydroxylation is 1. The molecule has 0 bridgehead atoms. The summed E-state index contributed by atoms with van der Waals surface area (Å²) in [6, 6.07) is 12.8. The fourth-order valence-corrected chi connectivity index (χ4v) is 4.70. The zero-order valence-corrected chi connectivity index (χ0v) is 21.4. The molecule has 2 heterocycles. The van der Waals surface area contributed by atoms with E-state index in [9.17, 15) is 15.4 Å². The van der Waals surface area contributed by atoms with Crippen LogP contribution in [0, 0.1) is 28.4 Å². The molecule has 3 aromatic rings. The number of piperazine rings is 1. The summed E-state index contributed by atoms with van der Waals surface area (Å²) < 4.78 is 0. The van der Waals surface area contributed by atoms with Crippen LogP contribution in [-0.4, -0.2) is 52.5 Å². The van der Waals surface area contributed by atoms with Crippen LogP contribution in [0.15, 0.2) is 42.7 Å². The minimum atomic E-state index is -0.593. The number of rotatable bonds is 7. The summed E-state index contributed by atoms with van der Waals surface area (Å²) >= 11 is 12.6. The van der Waals surface area contributed by atoms with Gasteiger partial charge < -0.3 is 15.1 Å². The Balaban J connectivity index is 1.66. The van der Waals surface area contributed by atoms with Crippen molar-refractivity contribution in [1.29, 1.82) is 5.26 Å². The summed E-state index contributed by atoms with van der Waals surface area (Å²) in [4.78, 5) is 24.3. The third-order valence-electron chi connectivity index (χ3n) is 6.34. The van der Waals surface area contributed by atoms with E-state index >= 15 is 0 Å². The van der Waals surface area contributed by atoms with Gasteiger partial charge >= 0.3 is 5.69 Å². The molecule has 1 aliphatic rings. The molecule has 1 unspecified atom stereocenters. The Labute approximate surface area is 219 Å². The lowest BCUT2D eigenvalue weighted by atomic mass is 9.91. The summed E-state index contributed by atoms with van der Waals surface area (Å²) in [5, 5.41) is 26.0. The Morgan fingerprint density at radius 2 is 1.86 bits per heavy atom. The number of nitrogens with zero attached hydrogens (tertiary/aromatic N) is 6. The number of aromatic nitrogens is 2. The fraction of sp³-hybridized carbons (Fsp3) is 0.320. The highest BCUT2D eigenvalue weighted by atomic mass is 35.5. The topological polar surface area (TPSA) is 111 Å². The van der Waals surface area contributed by atoms with Crippen molar-refractivity contribution in [2.75, 3.05) is 42.9 Å². The van der Waals surface area contributed by atoms with Gasteiger partial charge in [0.2, 0.25) is 11.6 Å². The van der Waals surface area contributed by atoms with Crippen molar-refractivity contribution in [2.24, 2.45) is 0 Å². The Kier molecular flexibility index (Phi) is 7.89. The van der Waals surface area contributed by atoms with E-state index in [1.165, 1.54) is 6.33 Å². The van der Waals surface area contributed by atoms with E-state index in [0.29, 0.717) is 40.2 Å². The molecule has 0 saturated carbocycles. The minimum absolute atomic E-state index is 0.0874. The van der Waals surface area contributed by atoms with Crippen LogP contribution in [0.2, 0.25) is 10.0 Å². The van der Waals surface area contributed by atoms with Gasteiger partial charge in [0, 0.05) is 41.9 Å². The van der Waals surface area contributed by atoms with Gasteiger partial charge in [-0.1, -0.05) is 48.3 Å². The van der Waals surface area contributed by atoms with Crippen LogP contribution in [0.25, 0.3) is 0 Å². The fourth-order valence-electron chi connectivity index (χ4n) is 4.30. The van der Waals surface area contributed by atoms with Gasteiger partial charge in [-0.25, -0.2) is 9.97 Å². The van der Waals surface area contributed by atoms with Gasteiger partial charge in [0.05, 0.1) is 16.9 Å². The van der Waals surface area contributed by atoms with Crippen LogP contribution in [0.5, 0.6) is 0 Å². The Bertz CT molecular complexity index is 1300. The quantitative estimate of drug-likeness (QED) is 0.316. The predicted octanol–water partition coefficient (Wildman–Crippen LogP) is 5.54. The molecule has 4 rings (SSSR count). The number of hydrogen-bond acceptors (Lipinski definition) is 8. The third-order valence-corrected chi connectivity index (χ3v) is 6.92. The molecule has 186 valence electrons. The van der Waals surface area contributed by atoms with Crippen molar-refractivity contribution in [3.63, 3.8) is 0 Å². The maximum absolute atomic E-state index is 12.1. The lowest BCUT2D eigenvalue weighted by Crippen LogP contribution is -2.46. The third kappa shape index (κ3) is 5.36. The van der Waals surface area contributed by atoms with Crippen LogP contribution < -0.4 is 10.2 Å². The highest BCUT2D eigenvalue weighted by molar-refractivity contribution is 6.32. The van der Waals surface area contributed by atoms with Gasteiger partial charge in [0.25, 0.3) is 0 Å². The van der Waals surface area contributed by atoms with Crippen molar-refractivity contribution in [1.82, 2.24) is 14.9 Å². The molecule has 2 aromatic carbocycles. The van der Waals surface area contributed by atoms with Crippen LogP contribution in [0.3, 0.4) is 0 Å². The number of benzene rings is 2. The van der Waals surface area contributed by atoms with Crippen LogP contribution in [-0.2, 0) is 0 Å². The van der Waals surface area contributed by atoms with E-state index in [0.717, 1.165) is 30.8 Å². The largest absolute Gasteiger partial charge is 0.353 e. The molecule has 1 atom stereocenters. The highest BCUT2D eigenvalue weighted by Gasteiger charge is 2.29. The molecule has 0 radical (unpaired) electrons. The highest BCUT2D eigenvalue weighted by Crippen LogP contribution is 2.38. The maximum Gasteiger partial charge on any atom is 0.353 e. The molecular formula is C25H25Cl2N7O2. The van der Waals surface area contributed by atoms with E-state index in [4.69, 9.17) is 23.2 Å². The molecule has 36 heavy (non-hydrogen) atoms. The van der Waals surface area contributed by atoms with Crippen molar-refractivity contribution in [3.05, 3.63) is 79.6 Å². The van der Waals surface area contributed by atoms with Crippen LogP contribution in [0.4, 0.5) is 23.0 Å². The number of nitriles is 1. The summed E-state index contributed by atoms with van der Waals surface area (Å²) in [6.07, 6.45) is 1.33. The van der Waals surface area contributed by atoms with Crippen molar-refractivity contribution in [3.8, 4) is 6.07 Å². The standard InChI is InChI=1S/C25H25Cl2N7O2/c1-3-32-8-10-33(11-9-32)25-23(34(35)36)24(29-15-30-25)31-22-13-21(27)19(12-16(22)2)20(14-28)17-4-6-18(26)7-5-17/h4-7,12-13,15,20H,3,8-11H2,1-2H3,(H,29,30,31). The molecule has 11 heteroatoms. The van der Waals surface area contributed by atoms with Gasteiger partial charge in [-0.2, -0.15) is 5.26 Å². The SMILES string of the molecule is CCN1CCN(c2ncnc(Nc3cc(Cl)c(C(C#N)c4ccc(Cl)cc4)cc3C)c2[N+](=O)[O-])CC1. The molecule has 1 aromatic heterocycles. The average Bonchev–Trinajstić information content (AvgIpc) is 2.88. The van der Waals surface area contributed by atoms with Gasteiger partial charge in [-0.05, 0) is 48.4 Å². The number of nitrogens with one attached hydrogen (secondary N) is 1. The lowest BCUT2D eigenvalue weighted by molar-refractivity contribution is -0.383. The summed E-state index contributed by atoms with van der Waals surface area (Å²) in [5.41, 5.74) is 2.53. The van der Waals surface area contributed by atoms with E-state index in [1.807, 2.05) is 17.9 Å². The van der Waals surface area contributed by atoms with E-state index < -0.39 is 10.8 Å². The van der Waals surface area contributed by atoms with Crippen molar-refractivity contribution >= 4 is 46.2 Å². The predicted molar refractivity (Wildman–Crippen MR) is 141 cm³/mol. The summed E-state index contributed by atoms with van der Waals surface area (Å²) in [5.74, 6) is -0.213. The Morgan fingerprint density at radius 3 is 2.47 bits per heavy atom. The van der Waals surface area contributed by atoms with Gasteiger partial charge in [-0.3, -0.25) is 10.1 Å². The van der Waals surface area contributed by atoms with Crippen LogP contribution in [0.1, 0.15) is 29.5 Å². The first-order chi connectivity index (χ1) is 17.3. The monoisotopic (exact) mass is 525 g/mol. The smallest absolute Gasteiger partial charge is 0.348 e. The minimum Gasteiger partial charge on any atom is -0.348 e. The molecule has 1 aliphatic heterocycles. The first kappa shape index (κ1) is 25.6. The zero-order valence-electron chi connectivity index (χ0n) is 19.9. The van der Waals surface area contributed by atoms with Gasteiger partial charge in [0.15, 0.2) is 0 Å². The van der Waals surface area contributed by atoms with Crippen LogP contribution >= 0.6 is 23.2 Å². The number of likely N-dealkylation sites (N-methyl/N-ethyl adjacent to an activating group) is 1. The zero-order chi connectivity index (χ0) is 25.8. The molecule has 1 N–H and O–H groups in total.